The summed E-state index contributed by atoms with van der Waals surface area (Å²) < 4.78 is 2.15. The lowest BCUT2D eigenvalue weighted by atomic mass is 9.96. The zero-order chi connectivity index (χ0) is 13.8. The minimum Gasteiger partial charge on any atom is -0.377 e. The smallest absolute Gasteiger partial charge is 0.0537 e. The number of benzene rings is 2. The summed E-state index contributed by atoms with van der Waals surface area (Å²) >= 11 is 7.08. The maximum absolute atomic E-state index is 3.62. The number of halogens is 2. The molecule has 1 atom stereocenters. The molecule has 0 heterocycles. The van der Waals surface area contributed by atoms with Crippen LogP contribution >= 0.6 is 31.9 Å². The summed E-state index contributed by atoms with van der Waals surface area (Å²) in [5, 5.41) is 3.62. The molecule has 0 aliphatic rings. The van der Waals surface area contributed by atoms with Gasteiger partial charge in [0, 0.05) is 14.6 Å². The molecule has 0 bridgehead atoms. The van der Waals surface area contributed by atoms with E-state index in [0.29, 0.717) is 12.0 Å². The van der Waals surface area contributed by atoms with E-state index >= 15 is 0 Å². The molecule has 0 aliphatic carbocycles. The molecule has 19 heavy (non-hydrogen) atoms. The Bertz CT molecular complexity index is 538. The fourth-order valence-corrected chi connectivity index (χ4v) is 3.23. The van der Waals surface area contributed by atoms with Gasteiger partial charge in [-0.05, 0) is 45.6 Å². The Labute approximate surface area is 131 Å². The van der Waals surface area contributed by atoms with Crippen molar-refractivity contribution >= 4 is 37.5 Å². The van der Waals surface area contributed by atoms with Crippen molar-refractivity contribution in [1.82, 2.24) is 0 Å². The lowest BCUT2D eigenvalue weighted by Gasteiger charge is -2.24. The van der Waals surface area contributed by atoms with E-state index in [1.807, 2.05) is 0 Å². The molecule has 2 aromatic carbocycles. The predicted molar refractivity (Wildman–Crippen MR) is 89.5 cm³/mol. The second kappa shape index (κ2) is 6.58. The van der Waals surface area contributed by atoms with Crippen molar-refractivity contribution in [1.29, 1.82) is 0 Å². The summed E-state index contributed by atoms with van der Waals surface area (Å²) in [4.78, 5) is 0. The summed E-state index contributed by atoms with van der Waals surface area (Å²) in [6, 6.07) is 17.1. The Morgan fingerprint density at radius 1 is 0.947 bits per heavy atom. The maximum atomic E-state index is 3.62. The Balaban J connectivity index is 2.27. The van der Waals surface area contributed by atoms with Crippen LogP contribution in [0.5, 0.6) is 0 Å². The van der Waals surface area contributed by atoms with E-state index in [2.05, 4.69) is 99.6 Å². The van der Waals surface area contributed by atoms with E-state index in [-0.39, 0.29) is 0 Å². The van der Waals surface area contributed by atoms with Crippen LogP contribution in [0.4, 0.5) is 5.69 Å². The van der Waals surface area contributed by atoms with Crippen LogP contribution in [0.25, 0.3) is 0 Å². The van der Waals surface area contributed by atoms with Crippen molar-refractivity contribution in [3.05, 3.63) is 63.0 Å². The molecule has 0 amide bonds. The van der Waals surface area contributed by atoms with Crippen molar-refractivity contribution in [3.8, 4) is 0 Å². The summed E-state index contributed by atoms with van der Waals surface area (Å²) in [7, 11) is 0. The van der Waals surface area contributed by atoms with Gasteiger partial charge in [0.25, 0.3) is 0 Å². The van der Waals surface area contributed by atoms with Crippen molar-refractivity contribution in [2.45, 2.75) is 19.9 Å². The van der Waals surface area contributed by atoms with Crippen LogP contribution in [0.15, 0.2) is 57.5 Å². The third-order valence-corrected chi connectivity index (χ3v) is 4.22. The molecule has 0 radical (unpaired) electrons. The van der Waals surface area contributed by atoms with Crippen LogP contribution in [0.2, 0.25) is 0 Å². The van der Waals surface area contributed by atoms with E-state index in [1.165, 1.54) is 5.56 Å². The van der Waals surface area contributed by atoms with Gasteiger partial charge in [-0.2, -0.15) is 0 Å². The van der Waals surface area contributed by atoms with Crippen LogP contribution in [-0.4, -0.2) is 0 Å². The molecule has 100 valence electrons. The first-order valence-electron chi connectivity index (χ1n) is 6.34. The lowest BCUT2D eigenvalue weighted by molar-refractivity contribution is 0.546. The highest BCUT2D eigenvalue weighted by Gasteiger charge is 2.16. The van der Waals surface area contributed by atoms with Crippen LogP contribution < -0.4 is 5.32 Å². The van der Waals surface area contributed by atoms with Gasteiger partial charge in [-0.3, -0.25) is 0 Å². The zero-order valence-electron chi connectivity index (χ0n) is 11.0. The number of hydrogen-bond acceptors (Lipinski definition) is 1. The first-order valence-corrected chi connectivity index (χ1v) is 7.93. The minimum atomic E-state index is 0.304. The standard InChI is InChI=1S/C16H17Br2N/c1-11(2)16(12-6-4-3-5-7-12)19-15-9-8-13(17)10-14(15)18/h3-11,16,19H,1-2H3. The first kappa shape index (κ1) is 14.6. The highest BCUT2D eigenvalue weighted by atomic mass is 79.9. The summed E-state index contributed by atoms with van der Waals surface area (Å²) in [6.07, 6.45) is 0. The molecule has 0 saturated carbocycles. The van der Waals surface area contributed by atoms with E-state index in [9.17, 15) is 0 Å². The number of hydrogen-bond donors (Lipinski definition) is 1. The quantitative estimate of drug-likeness (QED) is 0.681. The second-order valence-corrected chi connectivity index (χ2v) is 6.67. The van der Waals surface area contributed by atoms with Gasteiger partial charge in [-0.1, -0.05) is 60.1 Å². The van der Waals surface area contributed by atoms with Crippen molar-refractivity contribution in [3.63, 3.8) is 0 Å². The molecular weight excluding hydrogens is 366 g/mol. The third kappa shape index (κ3) is 3.83. The zero-order valence-corrected chi connectivity index (χ0v) is 14.2. The molecule has 0 aliphatic heterocycles. The predicted octanol–water partition coefficient (Wildman–Crippen LogP) is 6.02. The highest BCUT2D eigenvalue weighted by Crippen LogP contribution is 2.32. The average Bonchev–Trinajstić information content (AvgIpc) is 2.38. The van der Waals surface area contributed by atoms with E-state index in [1.54, 1.807) is 0 Å². The SMILES string of the molecule is CC(C)C(Nc1ccc(Br)cc1Br)c1ccccc1. The maximum Gasteiger partial charge on any atom is 0.0537 e. The third-order valence-electron chi connectivity index (χ3n) is 3.07. The fourth-order valence-electron chi connectivity index (χ4n) is 2.07. The molecule has 0 spiro atoms. The van der Waals surface area contributed by atoms with Gasteiger partial charge in [-0.25, -0.2) is 0 Å². The van der Waals surface area contributed by atoms with Gasteiger partial charge < -0.3 is 5.32 Å². The number of rotatable bonds is 4. The molecule has 1 nitrogen and oxygen atoms in total. The monoisotopic (exact) mass is 381 g/mol. The van der Waals surface area contributed by atoms with E-state index < -0.39 is 0 Å². The van der Waals surface area contributed by atoms with Crippen LogP contribution in [0, 0.1) is 5.92 Å². The van der Waals surface area contributed by atoms with Crippen molar-refractivity contribution < 1.29 is 0 Å². The van der Waals surface area contributed by atoms with Gasteiger partial charge in [-0.15, -0.1) is 0 Å². The van der Waals surface area contributed by atoms with Crippen molar-refractivity contribution in [2.75, 3.05) is 5.32 Å². The second-order valence-electron chi connectivity index (χ2n) is 4.90. The molecule has 0 aromatic heterocycles. The molecule has 2 rings (SSSR count). The van der Waals surface area contributed by atoms with Crippen LogP contribution in [0.3, 0.4) is 0 Å². The Kier molecular flexibility index (Phi) is 5.06. The number of nitrogens with one attached hydrogen (secondary N) is 1. The van der Waals surface area contributed by atoms with Gasteiger partial charge >= 0.3 is 0 Å². The number of anilines is 1. The van der Waals surface area contributed by atoms with Gasteiger partial charge in [0.05, 0.1) is 6.04 Å². The summed E-state index contributed by atoms with van der Waals surface area (Å²) in [5.74, 6) is 0.512. The normalized spacial score (nSPS) is 12.5. The van der Waals surface area contributed by atoms with E-state index in [4.69, 9.17) is 0 Å². The first-order chi connectivity index (χ1) is 9.08. The van der Waals surface area contributed by atoms with Crippen LogP contribution in [0.1, 0.15) is 25.5 Å². The molecule has 0 fully saturated rings. The fraction of sp³-hybridized carbons (Fsp3) is 0.250. The van der Waals surface area contributed by atoms with E-state index in [0.717, 1.165) is 14.6 Å². The summed E-state index contributed by atoms with van der Waals surface area (Å²) in [5.41, 5.74) is 2.43. The van der Waals surface area contributed by atoms with Crippen molar-refractivity contribution in [2.24, 2.45) is 5.92 Å². The lowest BCUT2D eigenvalue weighted by Crippen LogP contribution is -2.17. The molecule has 1 unspecified atom stereocenters. The van der Waals surface area contributed by atoms with Crippen LogP contribution in [-0.2, 0) is 0 Å². The molecule has 1 N–H and O–H groups in total. The molecular formula is C16H17Br2N. The minimum absolute atomic E-state index is 0.304. The molecule has 2 aromatic rings. The topological polar surface area (TPSA) is 12.0 Å². The average molecular weight is 383 g/mol. The van der Waals surface area contributed by atoms with Gasteiger partial charge in [0.2, 0.25) is 0 Å². The molecule has 3 heteroatoms. The Hall–Kier alpha value is -0.800. The Morgan fingerprint density at radius 2 is 1.63 bits per heavy atom. The Morgan fingerprint density at radius 3 is 2.21 bits per heavy atom. The summed E-state index contributed by atoms with van der Waals surface area (Å²) in [6.45, 7) is 4.47. The largest absolute Gasteiger partial charge is 0.377 e. The van der Waals surface area contributed by atoms with Gasteiger partial charge in [0.1, 0.15) is 0 Å². The highest BCUT2D eigenvalue weighted by molar-refractivity contribution is 9.11. The van der Waals surface area contributed by atoms with Gasteiger partial charge in [0.15, 0.2) is 0 Å². The molecule has 0 saturated heterocycles.